The standard InChI is InChI=1S/C19H21BrClN5O2/c1-4-26-13(2)14(10-22-26)11-24(3)19(27)17-7-8-25(23-17)12-28-18-6-5-15(21)9-16(18)20/h5-10H,4,11-12H2,1-3H3. The Balaban J connectivity index is 1.62. The third-order valence-electron chi connectivity index (χ3n) is 4.36. The van der Waals surface area contributed by atoms with Crippen molar-refractivity contribution in [2.24, 2.45) is 0 Å². The van der Waals surface area contributed by atoms with E-state index in [2.05, 4.69) is 26.1 Å². The number of amides is 1. The highest BCUT2D eigenvalue weighted by Gasteiger charge is 2.17. The number of aryl methyl sites for hydroxylation is 1. The summed E-state index contributed by atoms with van der Waals surface area (Å²) in [5.74, 6) is 0.489. The van der Waals surface area contributed by atoms with Gasteiger partial charge in [0.05, 0.1) is 10.7 Å². The van der Waals surface area contributed by atoms with Crippen LogP contribution in [0.15, 0.2) is 41.1 Å². The number of nitrogens with zero attached hydrogens (tertiary/aromatic N) is 5. The summed E-state index contributed by atoms with van der Waals surface area (Å²) >= 11 is 9.33. The number of carbonyl (C=O) groups is 1. The Morgan fingerprint density at radius 2 is 2.14 bits per heavy atom. The fourth-order valence-corrected chi connectivity index (χ4v) is 3.55. The van der Waals surface area contributed by atoms with Crippen LogP contribution >= 0.6 is 27.5 Å². The molecule has 0 fully saturated rings. The van der Waals surface area contributed by atoms with Crippen molar-refractivity contribution in [1.29, 1.82) is 0 Å². The van der Waals surface area contributed by atoms with Crippen molar-refractivity contribution in [1.82, 2.24) is 24.5 Å². The van der Waals surface area contributed by atoms with Crippen molar-refractivity contribution in [2.75, 3.05) is 7.05 Å². The van der Waals surface area contributed by atoms with Gasteiger partial charge in [-0.1, -0.05) is 11.6 Å². The Hall–Kier alpha value is -2.32. The van der Waals surface area contributed by atoms with E-state index >= 15 is 0 Å². The highest BCUT2D eigenvalue weighted by Crippen LogP contribution is 2.28. The molecule has 3 aromatic rings. The summed E-state index contributed by atoms with van der Waals surface area (Å²) in [5.41, 5.74) is 2.45. The number of ether oxygens (including phenoxy) is 1. The largest absolute Gasteiger partial charge is 0.470 e. The van der Waals surface area contributed by atoms with Crippen LogP contribution in [0.5, 0.6) is 5.75 Å². The minimum Gasteiger partial charge on any atom is -0.470 e. The van der Waals surface area contributed by atoms with Crippen LogP contribution in [0.4, 0.5) is 0 Å². The summed E-state index contributed by atoms with van der Waals surface area (Å²) in [7, 11) is 1.76. The molecule has 1 aromatic carbocycles. The van der Waals surface area contributed by atoms with Crippen molar-refractivity contribution in [3.05, 3.63) is 63.1 Å². The molecule has 0 bridgehead atoms. The summed E-state index contributed by atoms with van der Waals surface area (Å²) in [6.45, 7) is 5.50. The molecule has 0 saturated carbocycles. The van der Waals surface area contributed by atoms with E-state index in [0.29, 0.717) is 23.0 Å². The SMILES string of the molecule is CCn1ncc(CN(C)C(=O)c2ccn(COc3ccc(Cl)cc3Br)n2)c1C. The van der Waals surface area contributed by atoms with Crippen molar-refractivity contribution in [3.63, 3.8) is 0 Å². The molecule has 3 rings (SSSR count). The molecular weight excluding hydrogens is 446 g/mol. The number of benzene rings is 1. The summed E-state index contributed by atoms with van der Waals surface area (Å²) in [6, 6.07) is 6.96. The first kappa shape index (κ1) is 20.4. The Kier molecular flexibility index (Phi) is 6.41. The second kappa shape index (κ2) is 8.79. The lowest BCUT2D eigenvalue weighted by Gasteiger charge is -2.15. The molecule has 0 saturated heterocycles. The van der Waals surface area contributed by atoms with Gasteiger partial charge in [0.2, 0.25) is 0 Å². The van der Waals surface area contributed by atoms with Crippen LogP contribution in [0.3, 0.4) is 0 Å². The molecule has 28 heavy (non-hydrogen) atoms. The smallest absolute Gasteiger partial charge is 0.274 e. The number of rotatable bonds is 7. The average Bonchev–Trinajstić information content (AvgIpc) is 3.27. The molecule has 148 valence electrons. The Labute approximate surface area is 177 Å². The molecule has 0 unspecified atom stereocenters. The maximum absolute atomic E-state index is 12.7. The van der Waals surface area contributed by atoms with E-state index in [9.17, 15) is 4.79 Å². The average molecular weight is 467 g/mol. The summed E-state index contributed by atoms with van der Waals surface area (Å²) in [5, 5.41) is 9.26. The molecule has 9 heteroatoms. The van der Waals surface area contributed by atoms with Crippen molar-refractivity contribution >= 4 is 33.4 Å². The van der Waals surface area contributed by atoms with E-state index < -0.39 is 0 Å². The van der Waals surface area contributed by atoms with Crippen molar-refractivity contribution in [2.45, 2.75) is 33.7 Å². The first-order chi connectivity index (χ1) is 13.4. The first-order valence-electron chi connectivity index (χ1n) is 8.77. The molecule has 0 aliphatic heterocycles. The predicted octanol–water partition coefficient (Wildman–Crippen LogP) is 4.13. The van der Waals surface area contributed by atoms with E-state index in [1.807, 2.05) is 18.5 Å². The van der Waals surface area contributed by atoms with Gasteiger partial charge in [0.15, 0.2) is 12.4 Å². The quantitative estimate of drug-likeness (QED) is 0.525. The summed E-state index contributed by atoms with van der Waals surface area (Å²) in [6.07, 6.45) is 3.52. The lowest BCUT2D eigenvalue weighted by molar-refractivity contribution is 0.0777. The minimum absolute atomic E-state index is 0.157. The number of aromatic nitrogens is 4. The van der Waals surface area contributed by atoms with Gasteiger partial charge in [-0.15, -0.1) is 0 Å². The Morgan fingerprint density at radius 3 is 2.82 bits per heavy atom. The maximum Gasteiger partial charge on any atom is 0.274 e. The lowest BCUT2D eigenvalue weighted by Crippen LogP contribution is -2.27. The van der Waals surface area contributed by atoms with Crippen LogP contribution in [0.25, 0.3) is 0 Å². The predicted molar refractivity (Wildman–Crippen MR) is 110 cm³/mol. The zero-order valence-electron chi connectivity index (χ0n) is 15.9. The highest BCUT2D eigenvalue weighted by molar-refractivity contribution is 9.10. The fourth-order valence-electron chi connectivity index (χ4n) is 2.76. The van der Waals surface area contributed by atoms with Crippen LogP contribution in [0.2, 0.25) is 5.02 Å². The minimum atomic E-state index is -0.157. The molecule has 1 amide bonds. The zero-order valence-corrected chi connectivity index (χ0v) is 18.2. The number of carbonyl (C=O) groups excluding carboxylic acids is 1. The lowest BCUT2D eigenvalue weighted by atomic mass is 10.2. The molecule has 0 spiro atoms. The molecule has 0 aliphatic carbocycles. The number of hydrogen-bond donors (Lipinski definition) is 0. The second-order valence-corrected chi connectivity index (χ2v) is 7.61. The van der Waals surface area contributed by atoms with Gasteiger partial charge in [-0.2, -0.15) is 10.2 Å². The van der Waals surface area contributed by atoms with Gasteiger partial charge in [0.1, 0.15) is 5.75 Å². The second-order valence-electron chi connectivity index (χ2n) is 6.32. The van der Waals surface area contributed by atoms with Crippen LogP contribution < -0.4 is 4.74 Å². The van der Waals surface area contributed by atoms with Gasteiger partial charge < -0.3 is 9.64 Å². The molecular formula is C19H21BrClN5O2. The zero-order chi connectivity index (χ0) is 20.3. The fraction of sp³-hybridized carbons (Fsp3) is 0.316. The third kappa shape index (κ3) is 4.56. The molecule has 0 atom stereocenters. The maximum atomic E-state index is 12.7. The van der Waals surface area contributed by atoms with E-state index in [4.69, 9.17) is 16.3 Å². The summed E-state index contributed by atoms with van der Waals surface area (Å²) in [4.78, 5) is 14.3. The van der Waals surface area contributed by atoms with Gasteiger partial charge >= 0.3 is 0 Å². The monoisotopic (exact) mass is 465 g/mol. The van der Waals surface area contributed by atoms with Crippen molar-refractivity contribution < 1.29 is 9.53 Å². The Morgan fingerprint density at radius 1 is 1.36 bits per heavy atom. The molecule has 2 aromatic heterocycles. The van der Waals surface area contributed by atoms with Gasteiger partial charge in [0, 0.05) is 42.6 Å². The normalized spacial score (nSPS) is 10.9. The molecule has 0 radical (unpaired) electrons. The van der Waals surface area contributed by atoms with Crippen LogP contribution in [0.1, 0.15) is 28.7 Å². The van der Waals surface area contributed by atoms with E-state index in [1.165, 1.54) is 0 Å². The molecule has 0 N–H and O–H groups in total. The van der Waals surface area contributed by atoms with Crippen LogP contribution in [-0.4, -0.2) is 37.4 Å². The highest BCUT2D eigenvalue weighted by atomic mass is 79.9. The topological polar surface area (TPSA) is 65.2 Å². The van der Waals surface area contributed by atoms with Gasteiger partial charge in [-0.25, -0.2) is 4.68 Å². The van der Waals surface area contributed by atoms with Gasteiger partial charge in [0.25, 0.3) is 5.91 Å². The van der Waals surface area contributed by atoms with E-state index in [0.717, 1.165) is 22.3 Å². The van der Waals surface area contributed by atoms with Gasteiger partial charge in [-0.3, -0.25) is 9.48 Å². The van der Waals surface area contributed by atoms with Crippen molar-refractivity contribution in [3.8, 4) is 5.75 Å². The molecule has 2 heterocycles. The number of halogens is 2. The Bertz CT molecular complexity index is 985. The third-order valence-corrected chi connectivity index (χ3v) is 5.22. The van der Waals surface area contributed by atoms with E-state index in [1.54, 1.807) is 53.3 Å². The first-order valence-corrected chi connectivity index (χ1v) is 9.94. The van der Waals surface area contributed by atoms with Gasteiger partial charge in [-0.05, 0) is 54.0 Å². The van der Waals surface area contributed by atoms with E-state index in [-0.39, 0.29) is 12.6 Å². The summed E-state index contributed by atoms with van der Waals surface area (Å²) < 4.78 is 9.96. The van der Waals surface area contributed by atoms with Crippen LogP contribution in [-0.2, 0) is 19.8 Å². The number of hydrogen-bond acceptors (Lipinski definition) is 4. The molecule has 0 aliphatic rings. The molecule has 7 nitrogen and oxygen atoms in total. The van der Waals surface area contributed by atoms with Crippen LogP contribution in [0, 0.1) is 6.92 Å².